The molecule has 2 heterocycles. The highest BCUT2D eigenvalue weighted by atomic mass is 19.1. The van der Waals surface area contributed by atoms with Crippen molar-refractivity contribution in [2.75, 3.05) is 13.2 Å². The van der Waals surface area contributed by atoms with Crippen LogP contribution in [0, 0.1) is 5.82 Å². The van der Waals surface area contributed by atoms with E-state index >= 15 is 0 Å². The van der Waals surface area contributed by atoms with E-state index in [4.69, 9.17) is 9.47 Å². The van der Waals surface area contributed by atoms with Gasteiger partial charge in [0, 0.05) is 17.2 Å². The second-order valence-electron chi connectivity index (χ2n) is 6.66. The lowest BCUT2D eigenvalue weighted by Crippen LogP contribution is -2.45. The van der Waals surface area contributed by atoms with Gasteiger partial charge in [-0.2, -0.15) is 5.10 Å². The molecule has 0 saturated heterocycles. The van der Waals surface area contributed by atoms with Crippen molar-refractivity contribution in [2.45, 2.75) is 44.9 Å². The zero-order valence-corrected chi connectivity index (χ0v) is 14.6. The highest BCUT2D eigenvalue weighted by Crippen LogP contribution is 2.50. The van der Waals surface area contributed by atoms with Crippen LogP contribution in [0.15, 0.2) is 12.4 Å². The molecule has 0 N–H and O–H groups in total. The summed E-state index contributed by atoms with van der Waals surface area (Å²) >= 11 is 0. The van der Waals surface area contributed by atoms with E-state index in [1.54, 1.807) is 13.8 Å². The third-order valence-corrected chi connectivity index (χ3v) is 4.54. The molecule has 8 heteroatoms. The second kappa shape index (κ2) is 5.79. The summed E-state index contributed by atoms with van der Waals surface area (Å²) in [5.41, 5.74) is -1.31. The quantitative estimate of drug-likeness (QED) is 0.619. The molecule has 3 rings (SSSR count). The molecule has 2 aromatic rings. The first-order valence-electron chi connectivity index (χ1n) is 8.17. The minimum absolute atomic E-state index is 0.0512. The lowest BCUT2D eigenvalue weighted by molar-refractivity contribution is -0.165. The average Bonchev–Trinajstić information content (AvgIpc) is 3.04. The molecule has 0 bridgehead atoms. The van der Waals surface area contributed by atoms with Gasteiger partial charge in [-0.15, -0.1) is 0 Å². The van der Waals surface area contributed by atoms with E-state index in [1.165, 1.54) is 10.7 Å². The van der Waals surface area contributed by atoms with Gasteiger partial charge in [0.2, 0.25) is 0 Å². The van der Waals surface area contributed by atoms with E-state index in [0.29, 0.717) is 11.3 Å². The number of halogens is 1. The monoisotopic (exact) mass is 349 g/mol. The number of fused-ring (bicyclic) bond motifs is 3. The summed E-state index contributed by atoms with van der Waals surface area (Å²) in [6, 6.07) is 0. The fourth-order valence-electron chi connectivity index (χ4n) is 3.66. The zero-order chi connectivity index (χ0) is 18.4. The number of carbonyl (C=O) groups excluding carboxylic acids is 2. The summed E-state index contributed by atoms with van der Waals surface area (Å²) in [6.07, 6.45) is 2.56. The number of nitrogens with zero attached hydrogens (tertiary/aromatic N) is 3. The van der Waals surface area contributed by atoms with Crippen molar-refractivity contribution < 1.29 is 23.5 Å². The van der Waals surface area contributed by atoms with E-state index in [-0.39, 0.29) is 25.3 Å². The predicted molar refractivity (Wildman–Crippen MR) is 85.5 cm³/mol. The Hall–Kier alpha value is -2.51. The molecule has 0 aromatic carbocycles. The Labute approximate surface area is 144 Å². The number of rotatable bonds is 4. The Bertz CT molecular complexity index is 841. The van der Waals surface area contributed by atoms with Crippen LogP contribution in [-0.2, 0) is 29.9 Å². The topological polar surface area (TPSA) is 82.8 Å². The van der Waals surface area contributed by atoms with Gasteiger partial charge in [-0.1, -0.05) is 13.8 Å². The van der Waals surface area contributed by atoms with Crippen molar-refractivity contribution in [1.29, 1.82) is 0 Å². The Morgan fingerprint density at radius 1 is 1.20 bits per heavy atom. The fourth-order valence-corrected chi connectivity index (χ4v) is 3.66. The largest absolute Gasteiger partial charge is 0.465 e. The van der Waals surface area contributed by atoms with Gasteiger partial charge in [-0.3, -0.25) is 9.59 Å². The van der Waals surface area contributed by atoms with E-state index < -0.39 is 28.6 Å². The number of esters is 2. The molecule has 0 saturated carbocycles. The van der Waals surface area contributed by atoms with Gasteiger partial charge >= 0.3 is 11.9 Å². The SMILES string of the molecule is CCOC(=O)C1(C(=O)OCC)CC(C)(C)c2c1cnc1c(F)cnn21. The molecule has 0 radical (unpaired) electrons. The van der Waals surface area contributed by atoms with E-state index in [2.05, 4.69) is 10.1 Å². The number of carbonyl (C=O) groups is 2. The third-order valence-electron chi connectivity index (χ3n) is 4.54. The van der Waals surface area contributed by atoms with Crippen LogP contribution in [-0.4, -0.2) is 39.8 Å². The maximum Gasteiger partial charge on any atom is 0.328 e. The van der Waals surface area contributed by atoms with Crippen molar-refractivity contribution in [3.8, 4) is 0 Å². The number of hydrogen-bond donors (Lipinski definition) is 0. The molecule has 0 spiro atoms. The molecular formula is C17H20FN3O4. The van der Waals surface area contributed by atoms with Crippen LogP contribution < -0.4 is 0 Å². The minimum Gasteiger partial charge on any atom is -0.465 e. The van der Waals surface area contributed by atoms with Gasteiger partial charge in [0.25, 0.3) is 0 Å². The second-order valence-corrected chi connectivity index (χ2v) is 6.66. The van der Waals surface area contributed by atoms with Crippen LogP contribution in [0.25, 0.3) is 5.65 Å². The van der Waals surface area contributed by atoms with Crippen LogP contribution in [0.2, 0.25) is 0 Å². The Kier molecular flexibility index (Phi) is 4.01. The first-order chi connectivity index (χ1) is 11.8. The molecule has 0 aliphatic heterocycles. The molecule has 134 valence electrons. The number of ether oxygens (including phenoxy) is 2. The van der Waals surface area contributed by atoms with Crippen LogP contribution >= 0.6 is 0 Å². The third kappa shape index (κ3) is 2.31. The van der Waals surface area contributed by atoms with Crippen LogP contribution in [0.4, 0.5) is 4.39 Å². The molecule has 2 aromatic heterocycles. The van der Waals surface area contributed by atoms with Crippen molar-refractivity contribution in [2.24, 2.45) is 0 Å². The van der Waals surface area contributed by atoms with Gasteiger partial charge in [0.1, 0.15) is 0 Å². The summed E-state index contributed by atoms with van der Waals surface area (Å²) in [5, 5.41) is 4.04. The zero-order valence-electron chi connectivity index (χ0n) is 14.6. The normalized spacial score (nSPS) is 17.3. The summed E-state index contributed by atoms with van der Waals surface area (Å²) in [4.78, 5) is 29.7. The summed E-state index contributed by atoms with van der Waals surface area (Å²) in [5.74, 6) is -1.94. The number of hydrogen-bond acceptors (Lipinski definition) is 6. The van der Waals surface area contributed by atoms with Gasteiger partial charge in [-0.05, 0) is 20.3 Å². The van der Waals surface area contributed by atoms with E-state index in [9.17, 15) is 14.0 Å². The maximum atomic E-state index is 13.9. The Balaban J connectivity index is 2.32. The fraction of sp³-hybridized carbons (Fsp3) is 0.529. The average molecular weight is 349 g/mol. The van der Waals surface area contributed by atoms with Gasteiger partial charge in [-0.25, -0.2) is 13.9 Å². The molecular weight excluding hydrogens is 329 g/mol. The first-order valence-corrected chi connectivity index (χ1v) is 8.17. The van der Waals surface area contributed by atoms with Crippen LogP contribution in [0.3, 0.4) is 0 Å². The summed E-state index contributed by atoms with van der Waals surface area (Å²) in [7, 11) is 0. The Morgan fingerprint density at radius 2 is 1.80 bits per heavy atom. The van der Waals surface area contributed by atoms with Crippen LogP contribution in [0.5, 0.6) is 0 Å². The van der Waals surface area contributed by atoms with Crippen molar-refractivity contribution >= 4 is 17.6 Å². The molecule has 0 atom stereocenters. The van der Waals surface area contributed by atoms with Crippen LogP contribution in [0.1, 0.15) is 45.4 Å². The van der Waals surface area contributed by atoms with Crippen molar-refractivity contribution in [1.82, 2.24) is 14.6 Å². The van der Waals surface area contributed by atoms with E-state index in [1.807, 2.05) is 13.8 Å². The smallest absolute Gasteiger partial charge is 0.328 e. The Morgan fingerprint density at radius 3 is 2.36 bits per heavy atom. The molecule has 7 nitrogen and oxygen atoms in total. The molecule has 1 aliphatic carbocycles. The predicted octanol–water partition coefficient (Wildman–Crippen LogP) is 1.91. The molecule has 25 heavy (non-hydrogen) atoms. The lowest BCUT2D eigenvalue weighted by atomic mass is 9.78. The standard InChI is InChI=1S/C17H20FN3O4/c1-5-24-14(22)17(15(23)25-6-2)9-16(3,4)12-10(17)7-19-13-11(18)8-20-21(12)13/h7-8H,5-6,9H2,1-4H3. The lowest BCUT2D eigenvalue weighted by Gasteiger charge is -2.26. The first kappa shape index (κ1) is 17.3. The number of aromatic nitrogens is 3. The molecule has 1 aliphatic rings. The summed E-state index contributed by atoms with van der Waals surface area (Å²) in [6.45, 7) is 7.32. The molecule has 0 amide bonds. The van der Waals surface area contributed by atoms with Crippen molar-refractivity contribution in [3.05, 3.63) is 29.5 Å². The summed E-state index contributed by atoms with van der Waals surface area (Å²) < 4.78 is 25.6. The minimum atomic E-state index is -1.63. The highest BCUT2D eigenvalue weighted by molar-refractivity contribution is 6.07. The molecule has 0 unspecified atom stereocenters. The molecule has 0 fully saturated rings. The van der Waals surface area contributed by atoms with Gasteiger partial charge in [0.05, 0.1) is 25.1 Å². The highest BCUT2D eigenvalue weighted by Gasteiger charge is 2.61. The van der Waals surface area contributed by atoms with Crippen molar-refractivity contribution in [3.63, 3.8) is 0 Å². The maximum absolute atomic E-state index is 13.9. The van der Waals surface area contributed by atoms with E-state index in [0.717, 1.165) is 6.20 Å². The van der Waals surface area contributed by atoms with Gasteiger partial charge < -0.3 is 9.47 Å². The van der Waals surface area contributed by atoms with Gasteiger partial charge in [0.15, 0.2) is 16.9 Å².